The zero-order valence-electron chi connectivity index (χ0n) is 9.45. The number of hydrogen-bond donors (Lipinski definition) is 5. The molecule has 0 aromatic heterocycles. The normalized spacial score (nSPS) is 12.2. The molecular weight excluding hydrogens is 220 g/mol. The molecule has 0 saturated heterocycles. The average Bonchev–Trinajstić information content (AvgIpc) is 2.29. The first kappa shape index (κ1) is 18.1. The second-order valence-corrected chi connectivity index (χ2v) is 2.73. The highest BCUT2D eigenvalue weighted by atomic mass is 16.6. The van der Waals surface area contributed by atoms with Crippen molar-refractivity contribution in [3.8, 4) is 0 Å². The lowest BCUT2D eigenvalue weighted by molar-refractivity contribution is -0.136. The van der Waals surface area contributed by atoms with Crippen LogP contribution in [0.2, 0.25) is 0 Å². The lowest BCUT2D eigenvalue weighted by Crippen LogP contribution is -2.19. The van der Waals surface area contributed by atoms with Crippen molar-refractivity contribution in [2.75, 3.05) is 39.6 Å². The van der Waals surface area contributed by atoms with Gasteiger partial charge in [0.25, 0.3) is 0 Å². The van der Waals surface area contributed by atoms with Crippen LogP contribution in [0.3, 0.4) is 0 Å². The lowest BCUT2D eigenvalue weighted by atomic mass is 10.4. The van der Waals surface area contributed by atoms with Crippen molar-refractivity contribution in [2.24, 2.45) is 0 Å². The van der Waals surface area contributed by atoms with Crippen LogP contribution < -0.4 is 0 Å². The van der Waals surface area contributed by atoms with Crippen LogP contribution in [0.4, 0.5) is 0 Å². The van der Waals surface area contributed by atoms with Gasteiger partial charge in [-0.05, 0) is 6.92 Å². The molecule has 0 saturated carbocycles. The van der Waals surface area contributed by atoms with E-state index in [0.29, 0.717) is 6.61 Å². The first-order valence-electron chi connectivity index (χ1n) is 5.00. The highest BCUT2D eigenvalue weighted by molar-refractivity contribution is 4.44. The van der Waals surface area contributed by atoms with E-state index >= 15 is 0 Å². The second-order valence-electron chi connectivity index (χ2n) is 2.73. The van der Waals surface area contributed by atoms with E-state index in [1.807, 2.05) is 0 Å². The van der Waals surface area contributed by atoms with Crippen molar-refractivity contribution in [3.05, 3.63) is 0 Å². The Morgan fingerprint density at radius 2 is 1.62 bits per heavy atom. The molecular formula is C9H22O7. The Kier molecular flexibility index (Phi) is 16.6. The van der Waals surface area contributed by atoms with Crippen molar-refractivity contribution >= 4 is 0 Å². The second kappa shape index (κ2) is 14.7. The standard InChI is InChI=1S/C6H14O4.C3H8O3/c1-2-10-6(8)5-9-4-3-7;4-1-3(6)2-5/h6-8H,2-5H2,1H3;3-6H,1-2H2. The Morgan fingerprint density at radius 3 is 1.94 bits per heavy atom. The van der Waals surface area contributed by atoms with Gasteiger partial charge in [-0.1, -0.05) is 0 Å². The molecule has 0 fully saturated rings. The van der Waals surface area contributed by atoms with E-state index in [0.717, 1.165) is 0 Å². The van der Waals surface area contributed by atoms with Crippen LogP contribution in [0.15, 0.2) is 0 Å². The maximum atomic E-state index is 8.85. The fourth-order valence-corrected chi connectivity index (χ4v) is 0.547. The monoisotopic (exact) mass is 242 g/mol. The summed E-state index contributed by atoms with van der Waals surface area (Å²) in [6.07, 6.45) is -1.82. The predicted octanol–water partition coefficient (Wildman–Crippen LogP) is -2.32. The van der Waals surface area contributed by atoms with Crippen LogP contribution in [0, 0.1) is 0 Å². The molecule has 16 heavy (non-hydrogen) atoms. The molecule has 7 heteroatoms. The summed E-state index contributed by atoms with van der Waals surface area (Å²) < 4.78 is 9.51. The van der Waals surface area contributed by atoms with Crippen molar-refractivity contribution in [3.63, 3.8) is 0 Å². The fraction of sp³-hybridized carbons (Fsp3) is 1.00. The molecule has 0 spiro atoms. The van der Waals surface area contributed by atoms with Crippen LogP contribution in [0.5, 0.6) is 0 Å². The van der Waals surface area contributed by atoms with Gasteiger partial charge in [0.05, 0.1) is 33.0 Å². The number of aliphatic hydroxyl groups excluding tert-OH is 5. The van der Waals surface area contributed by atoms with Gasteiger partial charge >= 0.3 is 0 Å². The average molecular weight is 242 g/mol. The highest BCUT2D eigenvalue weighted by Crippen LogP contribution is 1.86. The van der Waals surface area contributed by atoms with E-state index in [1.54, 1.807) is 6.92 Å². The third-order valence-electron chi connectivity index (χ3n) is 1.28. The van der Waals surface area contributed by atoms with Gasteiger partial charge in [0.2, 0.25) is 0 Å². The van der Waals surface area contributed by atoms with Gasteiger partial charge in [0.15, 0.2) is 6.29 Å². The summed E-state index contributed by atoms with van der Waals surface area (Å²) in [5, 5.41) is 41.1. The molecule has 0 radical (unpaired) electrons. The Bertz CT molecular complexity index is 118. The molecule has 1 unspecified atom stereocenters. The summed E-state index contributed by atoms with van der Waals surface area (Å²) in [5.74, 6) is 0. The van der Waals surface area contributed by atoms with Gasteiger partial charge in [0.1, 0.15) is 6.10 Å². The topological polar surface area (TPSA) is 120 Å². The van der Waals surface area contributed by atoms with E-state index in [1.165, 1.54) is 0 Å². The summed E-state index contributed by atoms with van der Waals surface area (Å²) in [6, 6.07) is 0. The molecule has 0 amide bonds. The molecule has 0 aromatic rings. The smallest absolute Gasteiger partial charge is 0.178 e. The van der Waals surface area contributed by atoms with Crippen LogP contribution in [0.25, 0.3) is 0 Å². The van der Waals surface area contributed by atoms with Crippen molar-refractivity contribution in [2.45, 2.75) is 19.3 Å². The molecule has 7 nitrogen and oxygen atoms in total. The molecule has 0 rings (SSSR count). The quantitative estimate of drug-likeness (QED) is 0.239. The van der Waals surface area contributed by atoms with Crippen molar-refractivity contribution in [1.29, 1.82) is 0 Å². The fourth-order valence-electron chi connectivity index (χ4n) is 0.547. The third-order valence-corrected chi connectivity index (χ3v) is 1.28. The van der Waals surface area contributed by atoms with Crippen molar-refractivity contribution in [1.82, 2.24) is 0 Å². The van der Waals surface area contributed by atoms with E-state index in [9.17, 15) is 0 Å². The van der Waals surface area contributed by atoms with E-state index in [4.69, 9.17) is 35.0 Å². The summed E-state index contributed by atoms with van der Waals surface area (Å²) in [6.45, 7) is 1.85. The first-order chi connectivity index (χ1) is 7.62. The van der Waals surface area contributed by atoms with Crippen molar-refractivity contribution < 1.29 is 35.0 Å². The summed E-state index contributed by atoms with van der Waals surface area (Å²) in [4.78, 5) is 0. The Hall–Kier alpha value is -0.280. The van der Waals surface area contributed by atoms with E-state index in [2.05, 4.69) is 0 Å². The highest BCUT2D eigenvalue weighted by Gasteiger charge is 2.00. The lowest BCUT2D eigenvalue weighted by Gasteiger charge is -2.09. The van der Waals surface area contributed by atoms with Crippen LogP contribution in [-0.2, 0) is 9.47 Å². The molecule has 5 N–H and O–H groups in total. The molecule has 1 atom stereocenters. The number of rotatable bonds is 8. The molecule has 0 aliphatic heterocycles. The van der Waals surface area contributed by atoms with Crippen LogP contribution in [0.1, 0.15) is 6.92 Å². The Morgan fingerprint density at radius 1 is 1.06 bits per heavy atom. The maximum absolute atomic E-state index is 8.85. The molecule has 100 valence electrons. The molecule has 0 heterocycles. The largest absolute Gasteiger partial charge is 0.394 e. The van der Waals surface area contributed by atoms with Gasteiger partial charge < -0.3 is 35.0 Å². The van der Waals surface area contributed by atoms with Gasteiger partial charge in [0, 0.05) is 6.61 Å². The summed E-state index contributed by atoms with van der Waals surface area (Å²) in [5.41, 5.74) is 0. The third kappa shape index (κ3) is 16.2. The predicted molar refractivity (Wildman–Crippen MR) is 55.7 cm³/mol. The minimum absolute atomic E-state index is 0.0289. The van der Waals surface area contributed by atoms with Gasteiger partial charge in [-0.2, -0.15) is 0 Å². The molecule has 0 bridgehead atoms. The molecule has 0 aliphatic rings. The van der Waals surface area contributed by atoms with Gasteiger partial charge in [-0.15, -0.1) is 0 Å². The SMILES string of the molecule is CCOC(O)COCCO.OCC(O)CO. The minimum Gasteiger partial charge on any atom is -0.394 e. The first-order valence-corrected chi connectivity index (χ1v) is 5.00. The van der Waals surface area contributed by atoms with Gasteiger partial charge in [-0.25, -0.2) is 0 Å². The Labute approximate surface area is 94.9 Å². The van der Waals surface area contributed by atoms with E-state index < -0.39 is 12.4 Å². The van der Waals surface area contributed by atoms with Gasteiger partial charge in [-0.3, -0.25) is 0 Å². The van der Waals surface area contributed by atoms with Crippen LogP contribution >= 0.6 is 0 Å². The number of hydrogen-bond acceptors (Lipinski definition) is 7. The zero-order chi connectivity index (χ0) is 12.8. The zero-order valence-corrected chi connectivity index (χ0v) is 9.45. The number of ether oxygens (including phenoxy) is 2. The molecule has 0 aliphatic carbocycles. The summed E-state index contributed by atoms with van der Waals surface area (Å²) in [7, 11) is 0. The van der Waals surface area contributed by atoms with E-state index in [-0.39, 0.29) is 33.0 Å². The Balaban J connectivity index is 0. The number of aliphatic hydroxyl groups is 5. The molecule has 0 aromatic carbocycles. The minimum atomic E-state index is -0.954. The maximum Gasteiger partial charge on any atom is 0.178 e. The van der Waals surface area contributed by atoms with Crippen LogP contribution in [-0.4, -0.2) is 77.6 Å². The summed E-state index contributed by atoms with van der Waals surface area (Å²) >= 11 is 0.